The Balaban J connectivity index is 6.63. The zero-order valence-corrected chi connectivity index (χ0v) is 25.7. The summed E-state index contributed by atoms with van der Waals surface area (Å²) in [6, 6.07) is 0. The summed E-state index contributed by atoms with van der Waals surface area (Å²) in [5, 5.41) is 0. The summed E-state index contributed by atoms with van der Waals surface area (Å²) in [6.45, 7) is 21.5. The fourth-order valence-corrected chi connectivity index (χ4v) is 2.09. The predicted octanol–water partition coefficient (Wildman–Crippen LogP) is 4.39. The largest absolute Gasteiger partial charge is 0.385 e. The Morgan fingerprint density at radius 3 is 0.769 bits per heavy atom. The van der Waals surface area contributed by atoms with Crippen molar-refractivity contribution in [1.29, 1.82) is 0 Å². The molecular weight excluding hydrogens is 520 g/mol. The van der Waals surface area contributed by atoms with Crippen molar-refractivity contribution in [3.63, 3.8) is 0 Å². The van der Waals surface area contributed by atoms with Gasteiger partial charge in [-0.2, -0.15) is 19.6 Å². The summed E-state index contributed by atoms with van der Waals surface area (Å²) >= 11 is 0. The van der Waals surface area contributed by atoms with Crippen molar-refractivity contribution in [3.8, 4) is 0 Å². The lowest BCUT2D eigenvalue weighted by atomic mass is 10.1. The van der Waals surface area contributed by atoms with Gasteiger partial charge in [0, 0.05) is 0 Å². The first-order valence-corrected chi connectivity index (χ1v) is 12.4. The lowest BCUT2D eigenvalue weighted by Crippen LogP contribution is -2.54. The maximum Gasteiger partial charge on any atom is 0.380 e. The highest BCUT2D eigenvalue weighted by Crippen LogP contribution is 2.31. The van der Waals surface area contributed by atoms with E-state index in [1.807, 2.05) is 0 Å². The van der Waals surface area contributed by atoms with Crippen molar-refractivity contribution in [2.45, 2.75) is 144 Å². The van der Waals surface area contributed by atoms with E-state index < -0.39 is 70.3 Å². The van der Waals surface area contributed by atoms with E-state index in [-0.39, 0.29) is 0 Å². The monoisotopic (exact) mass is 566 g/mol. The summed E-state index contributed by atoms with van der Waals surface area (Å²) in [5.74, 6) is -9.77. The maximum absolute atomic E-state index is 13.5. The minimum Gasteiger partial charge on any atom is -0.385 e. The normalized spacial score (nSPS) is 13.8. The number of esters is 2. The Morgan fingerprint density at radius 2 is 0.615 bits per heavy atom. The number of hydrogen-bond acceptors (Lipinski definition) is 13. The first kappa shape index (κ1) is 37.2. The highest BCUT2D eigenvalue weighted by atomic mass is 17.3. The number of ketones is 2. The van der Waals surface area contributed by atoms with Crippen LogP contribution in [0.25, 0.3) is 0 Å². The van der Waals surface area contributed by atoms with Gasteiger partial charge in [0.25, 0.3) is 0 Å². The second-order valence-electron chi connectivity index (χ2n) is 13.1. The number of rotatable bonds is 14. The van der Waals surface area contributed by atoms with Crippen LogP contribution in [0.1, 0.15) is 110 Å². The molecule has 0 heterocycles. The second kappa shape index (κ2) is 13.7. The molecule has 0 saturated carbocycles. The van der Waals surface area contributed by atoms with E-state index in [1.54, 1.807) is 83.1 Å². The molecule has 0 aliphatic rings. The van der Waals surface area contributed by atoms with Crippen LogP contribution in [-0.4, -0.2) is 57.5 Å². The van der Waals surface area contributed by atoms with Gasteiger partial charge in [-0.25, -0.2) is 29.1 Å². The third kappa shape index (κ3) is 15.5. The van der Waals surface area contributed by atoms with Gasteiger partial charge >= 0.3 is 23.5 Å². The molecule has 13 heteroatoms. The summed E-state index contributed by atoms with van der Waals surface area (Å²) < 4.78 is 5.04. The number of hydrogen-bond donors (Lipinski definition) is 0. The standard InChI is InChI=1S/C26H46O13/c1-17(27)15-25(36-32-21(3,4)5,37-33-22(6,7)8)19(29)31-20(30)26(16-18(2)28,38-34-23(9,10)11)39-35-24(12,13)14/h15-16H2,1-14H3. The van der Waals surface area contributed by atoms with Crippen LogP contribution in [0.15, 0.2) is 0 Å². The van der Waals surface area contributed by atoms with Gasteiger partial charge in [-0.05, 0) is 96.9 Å². The molecule has 39 heavy (non-hydrogen) atoms. The van der Waals surface area contributed by atoms with E-state index in [1.165, 1.54) is 0 Å². The van der Waals surface area contributed by atoms with Crippen molar-refractivity contribution in [3.05, 3.63) is 0 Å². The van der Waals surface area contributed by atoms with Gasteiger partial charge < -0.3 is 4.74 Å². The predicted molar refractivity (Wildman–Crippen MR) is 135 cm³/mol. The van der Waals surface area contributed by atoms with Crippen molar-refractivity contribution >= 4 is 23.5 Å². The molecule has 0 N–H and O–H groups in total. The van der Waals surface area contributed by atoms with Crippen LogP contribution in [0.2, 0.25) is 0 Å². The topological polar surface area (TPSA) is 151 Å². The Kier molecular flexibility index (Phi) is 13.0. The van der Waals surface area contributed by atoms with E-state index in [9.17, 15) is 19.2 Å². The molecule has 0 bridgehead atoms. The van der Waals surface area contributed by atoms with Crippen LogP contribution in [-0.2, 0) is 63.0 Å². The van der Waals surface area contributed by atoms with Gasteiger partial charge in [0.15, 0.2) is 0 Å². The van der Waals surface area contributed by atoms with E-state index in [4.69, 9.17) is 43.8 Å². The zero-order chi connectivity index (χ0) is 31.1. The molecule has 0 spiro atoms. The van der Waals surface area contributed by atoms with E-state index in [0.717, 1.165) is 13.8 Å². The van der Waals surface area contributed by atoms with Crippen molar-refractivity contribution < 1.29 is 63.0 Å². The Labute approximate surface area is 230 Å². The molecule has 0 radical (unpaired) electrons. The van der Waals surface area contributed by atoms with Crippen LogP contribution < -0.4 is 0 Å². The second-order valence-corrected chi connectivity index (χ2v) is 13.1. The molecule has 0 amide bonds. The van der Waals surface area contributed by atoms with Crippen molar-refractivity contribution in [1.82, 2.24) is 0 Å². The minimum atomic E-state index is -2.71. The molecule has 0 aliphatic carbocycles. The van der Waals surface area contributed by atoms with Gasteiger partial charge in [0.1, 0.15) is 11.6 Å². The number of Topliss-reactive ketones (excluding diaryl/α,β-unsaturated/α-hetero) is 2. The third-order valence-corrected chi connectivity index (χ3v) is 3.48. The van der Waals surface area contributed by atoms with Crippen LogP contribution >= 0.6 is 0 Å². The molecule has 13 nitrogen and oxygen atoms in total. The van der Waals surface area contributed by atoms with Gasteiger partial charge in [0.05, 0.1) is 35.2 Å². The van der Waals surface area contributed by atoms with Gasteiger partial charge in [-0.1, -0.05) is 0 Å². The molecule has 0 aliphatic heterocycles. The summed E-state index contributed by atoms with van der Waals surface area (Å²) in [6.07, 6.45) is -1.58. The van der Waals surface area contributed by atoms with Gasteiger partial charge in [-0.3, -0.25) is 9.59 Å². The van der Waals surface area contributed by atoms with Gasteiger partial charge in [-0.15, -0.1) is 0 Å². The summed E-state index contributed by atoms with van der Waals surface area (Å²) in [4.78, 5) is 93.5. The number of ether oxygens (including phenoxy) is 1. The molecule has 0 atom stereocenters. The van der Waals surface area contributed by atoms with Crippen molar-refractivity contribution in [2.75, 3.05) is 0 Å². The Hall–Kier alpha value is -1.84. The molecule has 0 saturated heterocycles. The average Bonchev–Trinajstić information content (AvgIpc) is 2.69. The number of carbonyl (C=O) groups is 4. The van der Waals surface area contributed by atoms with Gasteiger partial charge in [0.2, 0.25) is 0 Å². The maximum atomic E-state index is 13.5. The molecule has 0 aromatic carbocycles. The lowest BCUT2D eigenvalue weighted by molar-refractivity contribution is -0.531. The Morgan fingerprint density at radius 1 is 0.410 bits per heavy atom. The quantitative estimate of drug-likeness (QED) is 0.0961. The van der Waals surface area contributed by atoms with Crippen LogP contribution in [0, 0.1) is 0 Å². The molecule has 0 rings (SSSR count). The summed E-state index contributed by atoms with van der Waals surface area (Å²) in [5.41, 5.74) is -3.99. The molecule has 0 aromatic heterocycles. The molecule has 0 unspecified atom stereocenters. The van der Waals surface area contributed by atoms with Crippen LogP contribution in [0.4, 0.5) is 0 Å². The smallest absolute Gasteiger partial charge is 0.380 e. The fourth-order valence-electron chi connectivity index (χ4n) is 2.09. The third-order valence-electron chi connectivity index (χ3n) is 3.48. The zero-order valence-electron chi connectivity index (χ0n) is 25.7. The molecule has 228 valence electrons. The van der Waals surface area contributed by atoms with E-state index in [2.05, 4.69) is 0 Å². The highest BCUT2D eigenvalue weighted by Gasteiger charge is 2.55. The van der Waals surface area contributed by atoms with Crippen molar-refractivity contribution in [2.24, 2.45) is 0 Å². The lowest BCUT2D eigenvalue weighted by Gasteiger charge is -2.35. The molecular formula is C26H46O13. The Bertz CT molecular complexity index is 745. The van der Waals surface area contributed by atoms with E-state index >= 15 is 0 Å². The minimum absolute atomic E-state index is 0.607. The highest BCUT2D eigenvalue weighted by molar-refractivity contribution is 5.96. The first-order chi connectivity index (χ1) is 17.2. The number of carbonyl (C=O) groups excluding carboxylic acids is 4. The fraction of sp³-hybridized carbons (Fsp3) is 0.846. The molecule has 0 aromatic rings. The SMILES string of the molecule is CC(=O)CC(OOC(C)(C)C)(OOC(C)(C)C)C(=O)OC(=O)C(CC(C)=O)(OOC(C)(C)C)OOC(C)(C)C. The average molecular weight is 567 g/mol. The summed E-state index contributed by atoms with van der Waals surface area (Å²) in [7, 11) is 0. The first-order valence-electron chi connectivity index (χ1n) is 12.4. The van der Waals surface area contributed by atoms with Crippen LogP contribution in [0.5, 0.6) is 0 Å². The van der Waals surface area contributed by atoms with E-state index in [0.29, 0.717) is 0 Å². The molecule has 0 fully saturated rings. The van der Waals surface area contributed by atoms with Crippen LogP contribution in [0.3, 0.4) is 0 Å².